The number of esters is 1. The molecule has 0 saturated carbocycles. The molecule has 1 aliphatic rings. The van der Waals surface area contributed by atoms with E-state index in [1.54, 1.807) is 12.4 Å². The van der Waals surface area contributed by atoms with E-state index in [0.29, 0.717) is 6.42 Å². The van der Waals surface area contributed by atoms with E-state index < -0.39 is 5.54 Å². The quantitative estimate of drug-likeness (QED) is 0.782. The van der Waals surface area contributed by atoms with Gasteiger partial charge in [0.2, 0.25) is 0 Å². The summed E-state index contributed by atoms with van der Waals surface area (Å²) < 4.78 is 4.85. The predicted molar refractivity (Wildman–Crippen MR) is 82.7 cm³/mol. The Balaban J connectivity index is 2.38. The van der Waals surface area contributed by atoms with Crippen LogP contribution in [-0.4, -0.2) is 36.1 Å². The number of hydrogen-bond acceptors (Lipinski definition) is 5. The molecule has 0 aliphatic carbocycles. The van der Waals surface area contributed by atoms with Gasteiger partial charge in [-0.25, -0.2) is 0 Å². The zero-order valence-electron chi connectivity index (χ0n) is 13.3. The SMILES string of the molecule is COC(=O)C(C)CC(C#N)(c1ccncc1)N1CCCCC1. The van der Waals surface area contributed by atoms with Crippen LogP contribution in [0.1, 0.15) is 38.2 Å². The Hall–Kier alpha value is -1.93. The van der Waals surface area contributed by atoms with Gasteiger partial charge in [0.25, 0.3) is 0 Å². The number of nitrogens with zero attached hydrogens (tertiary/aromatic N) is 3. The van der Waals surface area contributed by atoms with Crippen LogP contribution in [0.2, 0.25) is 0 Å². The number of ether oxygens (including phenoxy) is 1. The summed E-state index contributed by atoms with van der Waals surface area (Å²) in [6.07, 6.45) is 7.20. The van der Waals surface area contributed by atoms with Crippen molar-refractivity contribution in [3.8, 4) is 6.07 Å². The molecule has 1 fully saturated rings. The van der Waals surface area contributed by atoms with Crippen molar-refractivity contribution >= 4 is 5.97 Å². The summed E-state index contributed by atoms with van der Waals surface area (Å²) in [5.41, 5.74) is 0.111. The van der Waals surface area contributed by atoms with E-state index in [4.69, 9.17) is 4.74 Å². The van der Waals surface area contributed by atoms with E-state index in [-0.39, 0.29) is 11.9 Å². The molecular formula is C17H23N3O2. The maximum Gasteiger partial charge on any atom is 0.308 e. The third-order valence-electron chi connectivity index (χ3n) is 4.44. The molecule has 1 saturated heterocycles. The highest BCUT2D eigenvalue weighted by atomic mass is 16.5. The third-order valence-corrected chi connectivity index (χ3v) is 4.44. The molecule has 2 atom stereocenters. The molecule has 1 aliphatic heterocycles. The minimum absolute atomic E-state index is 0.273. The van der Waals surface area contributed by atoms with Crippen LogP contribution in [0.15, 0.2) is 24.5 Å². The van der Waals surface area contributed by atoms with Crippen LogP contribution >= 0.6 is 0 Å². The van der Waals surface area contributed by atoms with Gasteiger partial charge >= 0.3 is 5.97 Å². The molecule has 0 N–H and O–H groups in total. The largest absolute Gasteiger partial charge is 0.469 e. The Morgan fingerprint density at radius 2 is 2.05 bits per heavy atom. The lowest BCUT2D eigenvalue weighted by Gasteiger charge is -2.42. The molecule has 22 heavy (non-hydrogen) atoms. The van der Waals surface area contributed by atoms with Crippen LogP contribution in [0.4, 0.5) is 0 Å². The minimum Gasteiger partial charge on any atom is -0.469 e. The van der Waals surface area contributed by atoms with Crippen molar-refractivity contribution in [3.05, 3.63) is 30.1 Å². The fourth-order valence-electron chi connectivity index (χ4n) is 3.24. The highest BCUT2D eigenvalue weighted by molar-refractivity contribution is 5.72. The van der Waals surface area contributed by atoms with Gasteiger partial charge in [0.1, 0.15) is 5.54 Å². The Morgan fingerprint density at radius 1 is 1.41 bits per heavy atom. The minimum atomic E-state index is -0.795. The maximum absolute atomic E-state index is 11.9. The van der Waals surface area contributed by atoms with Gasteiger partial charge in [-0.15, -0.1) is 0 Å². The van der Waals surface area contributed by atoms with Crippen LogP contribution < -0.4 is 0 Å². The van der Waals surface area contributed by atoms with Gasteiger partial charge in [0, 0.05) is 12.4 Å². The number of aromatic nitrogens is 1. The van der Waals surface area contributed by atoms with Gasteiger partial charge in [-0.3, -0.25) is 14.7 Å². The van der Waals surface area contributed by atoms with Gasteiger partial charge in [0.15, 0.2) is 0 Å². The molecule has 0 bridgehead atoms. The summed E-state index contributed by atoms with van der Waals surface area (Å²) in [6.45, 7) is 3.58. The zero-order chi connectivity index (χ0) is 16.0. The Morgan fingerprint density at radius 3 is 2.59 bits per heavy atom. The predicted octanol–water partition coefficient (Wildman–Crippen LogP) is 2.49. The van der Waals surface area contributed by atoms with Gasteiger partial charge in [-0.1, -0.05) is 13.3 Å². The summed E-state index contributed by atoms with van der Waals surface area (Å²) in [5, 5.41) is 10.0. The van der Waals surface area contributed by atoms with Gasteiger partial charge in [-0.2, -0.15) is 5.26 Å². The van der Waals surface area contributed by atoms with Crippen molar-refractivity contribution in [1.82, 2.24) is 9.88 Å². The number of methoxy groups -OCH3 is 1. The molecule has 1 aromatic rings. The highest BCUT2D eigenvalue weighted by Crippen LogP contribution is 2.36. The first-order valence-corrected chi connectivity index (χ1v) is 7.78. The van der Waals surface area contributed by atoms with Crippen molar-refractivity contribution in [2.24, 2.45) is 5.92 Å². The van der Waals surface area contributed by atoms with E-state index in [1.165, 1.54) is 13.5 Å². The number of carbonyl (C=O) groups is 1. The summed E-state index contributed by atoms with van der Waals surface area (Å²) in [5.74, 6) is -0.606. The molecule has 0 aromatic carbocycles. The molecule has 1 aromatic heterocycles. The number of carbonyl (C=O) groups excluding carboxylic acids is 1. The van der Waals surface area contributed by atoms with Crippen molar-refractivity contribution in [2.75, 3.05) is 20.2 Å². The highest BCUT2D eigenvalue weighted by Gasteiger charge is 2.42. The van der Waals surface area contributed by atoms with Crippen LogP contribution in [0.5, 0.6) is 0 Å². The molecular weight excluding hydrogens is 278 g/mol. The molecule has 0 amide bonds. The third kappa shape index (κ3) is 3.28. The van der Waals surface area contributed by atoms with Gasteiger partial charge in [0.05, 0.1) is 19.1 Å². The fraction of sp³-hybridized carbons (Fsp3) is 0.588. The topological polar surface area (TPSA) is 66.2 Å². The average molecular weight is 301 g/mol. The molecule has 118 valence electrons. The first-order chi connectivity index (χ1) is 10.6. The van der Waals surface area contributed by atoms with Crippen molar-refractivity contribution < 1.29 is 9.53 Å². The second-order valence-electron chi connectivity index (χ2n) is 5.88. The van der Waals surface area contributed by atoms with Crippen molar-refractivity contribution in [2.45, 2.75) is 38.1 Å². The lowest BCUT2D eigenvalue weighted by Crippen LogP contribution is -2.49. The number of nitriles is 1. The summed E-state index contributed by atoms with van der Waals surface area (Å²) in [6, 6.07) is 6.26. The molecule has 2 unspecified atom stereocenters. The first kappa shape index (κ1) is 16.4. The van der Waals surface area contributed by atoms with Crippen LogP contribution in [-0.2, 0) is 15.1 Å². The monoisotopic (exact) mass is 301 g/mol. The van der Waals surface area contributed by atoms with Crippen molar-refractivity contribution in [3.63, 3.8) is 0 Å². The standard InChI is InChI=1S/C17H23N3O2/c1-14(16(21)22-2)12-17(13-18,15-6-8-19-9-7-15)20-10-4-3-5-11-20/h6-9,14H,3-5,10-12H2,1-2H3. The second-order valence-corrected chi connectivity index (χ2v) is 5.88. The van der Waals surface area contributed by atoms with Crippen molar-refractivity contribution in [1.29, 1.82) is 5.26 Å². The first-order valence-electron chi connectivity index (χ1n) is 7.78. The van der Waals surface area contributed by atoms with E-state index in [0.717, 1.165) is 31.5 Å². The number of rotatable bonds is 5. The van der Waals surface area contributed by atoms with Crippen LogP contribution in [0.25, 0.3) is 0 Å². The van der Waals surface area contributed by atoms with E-state index in [2.05, 4.69) is 16.0 Å². The number of likely N-dealkylation sites (tertiary alicyclic amines) is 1. The fourth-order valence-corrected chi connectivity index (χ4v) is 3.24. The van der Waals surface area contributed by atoms with Crippen LogP contribution in [0, 0.1) is 17.2 Å². The van der Waals surface area contributed by atoms with Gasteiger partial charge in [-0.05, 0) is 50.0 Å². The second kappa shape index (κ2) is 7.37. The van der Waals surface area contributed by atoms with E-state index in [9.17, 15) is 10.1 Å². The Labute approximate surface area is 131 Å². The Bertz CT molecular complexity index is 535. The maximum atomic E-state index is 11.9. The lowest BCUT2D eigenvalue weighted by molar-refractivity contribution is -0.146. The Kier molecular flexibility index (Phi) is 5.51. The van der Waals surface area contributed by atoms with E-state index >= 15 is 0 Å². The zero-order valence-corrected chi connectivity index (χ0v) is 13.3. The average Bonchev–Trinajstić information content (AvgIpc) is 2.60. The summed E-state index contributed by atoms with van der Waals surface area (Å²) in [7, 11) is 1.39. The normalized spacial score (nSPS) is 19.7. The smallest absolute Gasteiger partial charge is 0.308 e. The molecule has 5 nitrogen and oxygen atoms in total. The number of piperidine rings is 1. The molecule has 0 radical (unpaired) electrons. The number of pyridine rings is 1. The molecule has 5 heteroatoms. The van der Waals surface area contributed by atoms with Gasteiger partial charge < -0.3 is 4.74 Å². The summed E-state index contributed by atoms with van der Waals surface area (Å²) in [4.78, 5) is 18.1. The molecule has 0 spiro atoms. The van der Waals surface area contributed by atoms with Crippen LogP contribution in [0.3, 0.4) is 0 Å². The molecule has 2 rings (SSSR count). The van der Waals surface area contributed by atoms with E-state index in [1.807, 2.05) is 19.1 Å². The number of hydrogen-bond donors (Lipinski definition) is 0. The summed E-state index contributed by atoms with van der Waals surface area (Å²) >= 11 is 0. The molecule has 2 heterocycles. The lowest BCUT2D eigenvalue weighted by atomic mass is 9.80.